The van der Waals surface area contributed by atoms with E-state index in [1.165, 1.54) is 0 Å². The maximum Gasteiger partial charge on any atom is 0.318 e. The molecule has 144 valence electrons. The Morgan fingerprint density at radius 3 is 2.39 bits per heavy atom. The first kappa shape index (κ1) is 19.4. The van der Waals surface area contributed by atoms with Crippen molar-refractivity contribution in [3.8, 4) is 5.75 Å². The van der Waals surface area contributed by atoms with Crippen molar-refractivity contribution in [2.45, 2.75) is 12.6 Å². The van der Waals surface area contributed by atoms with Gasteiger partial charge in [-0.3, -0.25) is 15.0 Å². The highest BCUT2D eigenvalue weighted by Gasteiger charge is 2.26. The van der Waals surface area contributed by atoms with Crippen LogP contribution in [0, 0.1) is 0 Å². The number of nitrogens with two attached hydrogens (primary N) is 1. The lowest BCUT2D eigenvalue weighted by Gasteiger charge is -2.27. The van der Waals surface area contributed by atoms with E-state index in [-0.39, 0.29) is 0 Å². The van der Waals surface area contributed by atoms with Gasteiger partial charge in [-0.2, -0.15) is 0 Å². The molecule has 0 bridgehead atoms. The van der Waals surface area contributed by atoms with E-state index in [9.17, 15) is 9.59 Å². The van der Waals surface area contributed by atoms with E-state index in [0.29, 0.717) is 6.54 Å². The molecule has 0 aliphatic rings. The summed E-state index contributed by atoms with van der Waals surface area (Å²) in [5.74, 6) is 0.358. The van der Waals surface area contributed by atoms with E-state index in [4.69, 9.17) is 10.5 Å². The molecule has 0 aromatic heterocycles. The molecule has 3 aromatic rings. The zero-order chi connectivity index (χ0) is 20.1. The van der Waals surface area contributed by atoms with Crippen LogP contribution < -0.4 is 15.8 Å². The summed E-state index contributed by atoms with van der Waals surface area (Å²) in [4.78, 5) is 25.7. The number of hydrogen-bond donors (Lipinski definition) is 2. The summed E-state index contributed by atoms with van der Waals surface area (Å²) in [6.45, 7) is 0.522. The van der Waals surface area contributed by atoms with Crippen molar-refractivity contribution < 1.29 is 14.3 Å². The lowest BCUT2D eigenvalue weighted by atomic mass is 10.0. The van der Waals surface area contributed by atoms with Crippen molar-refractivity contribution in [1.82, 2.24) is 10.2 Å². The normalized spacial score (nSPS) is 12.0. The molecule has 1 atom stereocenters. The summed E-state index contributed by atoms with van der Waals surface area (Å²) >= 11 is 0. The number of amides is 3. The Hall–Kier alpha value is -3.38. The van der Waals surface area contributed by atoms with E-state index >= 15 is 0 Å². The Balaban J connectivity index is 1.86. The number of fused-ring (bicyclic) bond motifs is 1. The molecule has 6 nitrogen and oxygen atoms in total. The molecule has 0 fully saturated rings. The number of nitrogens with one attached hydrogen (secondary N) is 1. The summed E-state index contributed by atoms with van der Waals surface area (Å²) < 4.78 is 5.27. The molecular formula is C22H23N3O3. The smallest absolute Gasteiger partial charge is 0.318 e. The molecule has 6 heteroatoms. The minimum atomic E-state index is -0.862. The lowest BCUT2D eigenvalue weighted by molar-refractivity contribution is -0.125. The summed E-state index contributed by atoms with van der Waals surface area (Å²) in [5, 5.41) is 4.36. The molecule has 3 N–H and O–H groups in total. The van der Waals surface area contributed by atoms with Gasteiger partial charge in [0.2, 0.25) is 5.91 Å². The molecule has 3 amide bonds. The van der Waals surface area contributed by atoms with Gasteiger partial charge in [0.15, 0.2) is 0 Å². The van der Waals surface area contributed by atoms with Crippen LogP contribution in [0.1, 0.15) is 17.2 Å². The second-order valence-electron chi connectivity index (χ2n) is 6.63. The third kappa shape index (κ3) is 4.47. The molecule has 3 rings (SSSR count). The number of benzene rings is 3. The number of carbonyl (C=O) groups excluding carboxylic acids is 2. The molecule has 3 aromatic carbocycles. The first-order valence-corrected chi connectivity index (χ1v) is 8.90. The Morgan fingerprint density at radius 1 is 1.04 bits per heavy atom. The van der Waals surface area contributed by atoms with E-state index in [2.05, 4.69) is 11.4 Å². The van der Waals surface area contributed by atoms with Gasteiger partial charge in [-0.05, 0) is 47.1 Å². The molecule has 0 unspecified atom stereocenters. The molecule has 0 aliphatic heterocycles. The highest BCUT2D eigenvalue weighted by Crippen LogP contribution is 2.25. The predicted octanol–water partition coefficient (Wildman–Crippen LogP) is 3.22. The standard InChI is InChI=1S/C22H23N3O3/c1-25(20(21(26)24-22(23)27)16-6-4-3-5-7-16)14-15-8-9-18-13-19(28-2)11-10-17(18)12-15/h3-13,20H,14H2,1-2H3,(H3,23,24,26,27)/t20-/m0/s1. The van der Waals surface area contributed by atoms with Crippen molar-refractivity contribution in [1.29, 1.82) is 0 Å². The zero-order valence-electron chi connectivity index (χ0n) is 15.9. The highest BCUT2D eigenvalue weighted by atomic mass is 16.5. The van der Waals surface area contributed by atoms with Crippen molar-refractivity contribution in [3.63, 3.8) is 0 Å². The van der Waals surface area contributed by atoms with Gasteiger partial charge in [0, 0.05) is 6.54 Å². The van der Waals surface area contributed by atoms with Gasteiger partial charge in [-0.15, -0.1) is 0 Å². The third-order valence-corrected chi connectivity index (χ3v) is 4.59. The van der Waals surface area contributed by atoms with Crippen molar-refractivity contribution in [3.05, 3.63) is 77.9 Å². The number of nitrogens with zero attached hydrogens (tertiary/aromatic N) is 1. The average molecular weight is 377 g/mol. The summed E-state index contributed by atoms with van der Waals surface area (Å²) in [6, 6.07) is 19.8. The number of ether oxygens (including phenoxy) is 1. The number of carbonyl (C=O) groups is 2. The van der Waals surface area contributed by atoms with Crippen LogP contribution in [-0.2, 0) is 11.3 Å². The predicted molar refractivity (Wildman–Crippen MR) is 109 cm³/mol. The van der Waals surface area contributed by atoms with Gasteiger partial charge in [-0.25, -0.2) is 4.79 Å². The largest absolute Gasteiger partial charge is 0.497 e. The van der Waals surface area contributed by atoms with Crippen LogP contribution in [0.4, 0.5) is 4.79 Å². The molecule has 0 spiro atoms. The van der Waals surface area contributed by atoms with E-state index in [1.54, 1.807) is 7.11 Å². The summed E-state index contributed by atoms with van der Waals surface area (Å²) in [5.41, 5.74) is 6.98. The van der Waals surface area contributed by atoms with Crippen molar-refractivity contribution >= 4 is 22.7 Å². The van der Waals surface area contributed by atoms with Crippen LogP contribution in [-0.4, -0.2) is 31.0 Å². The average Bonchev–Trinajstić information content (AvgIpc) is 2.68. The number of methoxy groups -OCH3 is 1. The molecule has 28 heavy (non-hydrogen) atoms. The maximum atomic E-state index is 12.6. The van der Waals surface area contributed by atoms with Crippen LogP contribution in [0.25, 0.3) is 10.8 Å². The molecule has 0 saturated carbocycles. The van der Waals surface area contributed by atoms with Gasteiger partial charge in [0.1, 0.15) is 11.8 Å². The Kier molecular flexibility index (Phi) is 5.91. The second kappa shape index (κ2) is 8.54. The van der Waals surface area contributed by atoms with Crippen LogP contribution >= 0.6 is 0 Å². The Bertz CT molecular complexity index is 989. The third-order valence-electron chi connectivity index (χ3n) is 4.59. The molecule has 0 radical (unpaired) electrons. The summed E-state index contributed by atoms with van der Waals surface area (Å²) in [6.07, 6.45) is 0. The maximum absolute atomic E-state index is 12.6. The van der Waals surface area contributed by atoms with E-state index in [1.807, 2.05) is 72.6 Å². The van der Waals surface area contributed by atoms with Gasteiger partial charge in [-0.1, -0.05) is 48.5 Å². The zero-order valence-corrected chi connectivity index (χ0v) is 15.9. The number of hydrogen-bond acceptors (Lipinski definition) is 4. The van der Waals surface area contributed by atoms with Gasteiger partial charge in [0.05, 0.1) is 7.11 Å². The number of imide groups is 1. The Morgan fingerprint density at radius 2 is 1.71 bits per heavy atom. The fourth-order valence-corrected chi connectivity index (χ4v) is 3.31. The fraction of sp³-hybridized carbons (Fsp3) is 0.182. The monoisotopic (exact) mass is 377 g/mol. The van der Waals surface area contributed by atoms with Gasteiger partial charge in [0.25, 0.3) is 0 Å². The van der Waals surface area contributed by atoms with Crippen LogP contribution in [0.2, 0.25) is 0 Å². The minimum absolute atomic E-state index is 0.452. The molecular weight excluding hydrogens is 354 g/mol. The number of rotatable bonds is 6. The van der Waals surface area contributed by atoms with Gasteiger partial charge >= 0.3 is 6.03 Å². The molecule has 0 heterocycles. The fourth-order valence-electron chi connectivity index (χ4n) is 3.31. The van der Waals surface area contributed by atoms with Crippen LogP contribution in [0.3, 0.4) is 0 Å². The number of primary amides is 1. The second-order valence-corrected chi connectivity index (χ2v) is 6.63. The van der Waals surface area contributed by atoms with E-state index in [0.717, 1.165) is 27.6 Å². The first-order valence-electron chi connectivity index (χ1n) is 8.90. The van der Waals surface area contributed by atoms with E-state index < -0.39 is 18.0 Å². The first-order chi connectivity index (χ1) is 13.5. The minimum Gasteiger partial charge on any atom is -0.497 e. The quantitative estimate of drug-likeness (QED) is 0.691. The van der Waals surface area contributed by atoms with Crippen LogP contribution in [0.5, 0.6) is 5.75 Å². The lowest BCUT2D eigenvalue weighted by Crippen LogP contribution is -2.43. The number of urea groups is 1. The van der Waals surface area contributed by atoms with Crippen LogP contribution in [0.15, 0.2) is 66.7 Å². The molecule has 0 saturated heterocycles. The van der Waals surface area contributed by atoms with Crippen molar-refractivity contribution in [2.75, 3.05) is 14.2 Å². The highest BCUT2D eigenvalue weighted by molar-refractivity contribution is 5.96. The topological polar surface area (TPSA) is 84.7 Å². The van der Waals surface area contributed by atoms with Crippen molar-refractivity contribution in [2.24, 2.45) is 5.73 Å². The number of likely N-dealkylation sites (N-methyl/N-ethyl adjacent to an activating group) is 1. The SMILES string of the molecule is COc1ccc2cc(CN(C)[C@H](C(=O)NC(N)=O)c3ccccc3)ccc2c1. The van der Waals surface area contributed by atoms with Gasteiger partial charge < -0.3 is 10.5 Å². The molecule has 0 aliphatic carbocycles. The summed E-state index contributed by atoms with van der Waals surface area (Å²) in [7, 11) is 3.49. The Labute approximate surface area is 163 Å².